The van der Waals surface area contributed by atoms with Gasteiger partial charge in [0.05, 0.1) is 22.3 Å². The molecule has 3 N–H and O–H groups in total. The quantitative estimate of drug-likeness (QED) is 0.385. The molecule has 0 spiro atoms. The van der Waals surface area contributed by atoms with Crippen LogP contribution in [-0.4, -0.2) is 11.0 Å². The Morgan fingerprint density at radius 3 is 2.65 bits per heavy atom. The number of aromatic hydroxyl groups is 1. The molecule has 5 rings (SSSR count). The van der Waals surface area contributed by atoms with Gasteiger partial charge in [-0.15, -0.1) is 0 Å². The van der Waals surface area contributed by atoms with Gasteiger partial charge in [-0.2, -0.15) is 0 Å². The molecule has 3 aromatic carbocycles. The smallest absolute Gasteiger partial charge is 0.257 e. The van der Waals surface area contributed by atoms with E-state index in [0.717, 1.165) is 23.4 Å². The average molecular weight is 451 g/mol. The molecule has 3 aromatic rings. The summed E-state index contributed by atoms with van der Waals surface area (Å²) in [7, 11) is 0. The lowest BCUT2D eigenvalue weighted by molar-refractivity contribution is 0.102. The maximum Gasteiger partial charge on any atom is 0.257 e. The molecule has 1 aliphatic carbocycles. The van der Waals surface area contributed by atoms with Gasteiger partial charge in [0, 0.05) is 22.2 Å². The van der Waals surface area contributed by atoms with Gasteiger partial charge < -0.3 is 15.7 Å². The summed E-state index contributed by atoms with van der Waals surface area (Å²) < 4.78 is 0. The van der Waals surface area contributed by atoms with E-state index in [9.17, 15) is 9.90 Å². The lowest BCUT2D eigenvalue weighted by Gasteiger charge is -2.38. The molecular formula is C25H20Cl2N2O2. The molecule has 4 nitrogen and oxygen atoms in total. The van der Waals surface area contributed by atoms with E-state index in [1.807, 2.05) is 42.5 Å². The Morgan fingerprint density at radius 1 is 1.03 bits per heavy atom. The minimum atomic E-state index is -0.241. The molecule has 6 heteroatoms. The molecule has 0 fully saturated rings. The second-order valence-corrected chi connectivity index (χ2v) is 8.73. The number of fused-ring (bicyclic) bond motifs is 3. The van der Waals surface area contributed by atoms with Gasteiger partial charge in [0.15, 0.2) is 0 Å². The summed E-state index contributed by atoms with van der Waals surface area (Å²) >= 11 is 12.5. The first kappa shape index (κ1) is 20.0. The summed E-state index contributed by atoms with van der Waals surface area (Å²) in [5.41, 5.74) is 3.76. The lowest BCUT2D eigenvalue weighted by atomic mass is 9.76. The Bertz CT molecular complexity index is 1190. The van der Waals surface area contributed by atoms with Gasteiger partial charge in [-0.3, -0.25) is 4.79 Å². The van der Waals surface area contributed by atoms with E-state index >= 15 is 0 Å². The second-order valence-electron chi connectivity index (χ2n) is 7.89. The summed E-state index contributed by atoms with van der Waals surface area (Å²) in [6.07, 6.45) is 5.18. The van der Waals surface area contributed by atoms with Crippen molar-refractivity contribution in [3.8, 4) is 5.75 Å². The number of nitrogens with one attached hydrogen (secondary N) is 2. The number of carbonyl (C=O) groups excluding carboxylic acids is 1. The van der Waals surface area contributed by atoms with Crippen molar-refractivity contribution < 1.29 is 9.90 Å². The van der Waals surface area contributed by atoms with Crippen LogP contribution in [0.3, 0.4) is 0 Å². The lowest BCUT2D eigenvalue weighted by Crippen LogP contribution is -2.31. The number of anilines is 2. The average Bonchev–Trinajstić information content (AvgIpc) is 3.26. The highest BCUT2D eigenvalue weighted by Gasteiger charge is 2.40. The Hall–Kier alpha value is -2.95. The van der Waals surface area contributed by atoms with Gasteiger partial charge in [0.1, 0.15) is 5.75 Å². The van der Waals surface area contributed by atoms with Crippen LogP contribution in [0.25, 0.3) is 0 Å². The molecule has 0 bridgehead atoms. The fraction of sp³-hybridized carbons (Fsp3) is 0.160. The van der Waals surface area contributed by atoms with E-state index in [0.29, 0.717) is 16.1 Å². The van der Waals surface area contributed by atoms with Gasteiger partial charge in [-0.1, -0.05) is 65.7 Å². The molecule has 31 heavy (non-hydrogen) atoms. The first-order valence-electron chi connectivity index (χ1n) is 10.1. The monoisotopic (exact) mass is 450 g/mol. The van der Waals surface area contributed by atoms with E-state index in [1.165, 1.54) is 6.07 Å². The topological polar surface area (TPSA) is 61.4 Å². The maximum atomic E-state index is 13.1. The maximum absolute atomic E-state index is 13.1. The van der Waals surface area contributed by atoms with Crippen molar-refractivity contribution in [2.75, 3.05) is 10.6 Å². The number of phenolic OH excluding ortho intramolecular Hbond substituents is 1. The molecule has 3 atom stereocenters. The predicted molar refractivity (Wildman–Crippen MR) is 125 cm³/mol. The SMILES string of the molecule is O=C(Nc1ccccc1)c1cccc2c1NC(c1cc(Cl)cc(Cl)c1O)C1CC=CC21. The molecule has 1 amide bonds. The minimum absolute atomic E-state index is 0.0175. The van der Waals surface area contributed by atoms with Crippen molar-refractivity contribution in [2.24, 2.45) is 5.92 Å². The Balaban J connectivity index is 1.58. The highest BCUT2D eigenvalue weighted by Crippen LogP contribution is 2.52. The Labute approximate surface area is 190 Å². The van der Waals surface area contributed by atoms with Crippen LogP contribution >= 0.6 is 23.2 Å². The number of allylic oxidation sites excluding steroid dienone is 2. The zero-order valence-corrected chi connectivity index (χ0v) is 18.0. The van der Waals surface area contributed by atoms with Crippen molar-refractivity contribution in [1.82, 2.24) is 0 Å². The molecule has 0 saturated heterocycles. The second kappa shape index (κ2) is 7.95. The van der Waals surface area contributed by atoms with Crippen molar-refractivity contribution in [3.63, 3.8) is 0 Å². The molecular weight excluding hydrogens is 431 g/mol. The number of hydrogen-bond acceptors (Lipinski definition) is 3. The summed E-state index contributed by atoms with van der Waals surface area (Å²) in [5.74, 6) is 0.134. The van der Waals surface area contributed by atoms with Gasteiger partial charge >= 0.3 is 0 Å². The van der Waals surface area contributed by atoms with Crippen LogP contribution in [0, 0.1) is 5.92 Å². The number of hydrogen-bond donors (Lipinski definition) is 3. The highest BCUT2D eigenvalue weighted by molar-refractivity contribution is 6.35. The fourth-order valence-electron chi connectivity index (χ4n) is 4.66. The molecule has 0 aromatic heterocycles. The Kier molecular flexibility index (Phi) is 5.12. The first-order chi connectivity index (χ1) is 15.0. The van der Waals surface area contributed by atoms with Crippen molar-refractivity contribution >= 4 is 40.5 Å². The van der Waals surface area contributed by atoms with Crippen LogP contribution in [0.2, 0.25) is 10.0 Å². The van der Waals surface area contributed by atoms with Gasteiger partial charge in [0.25, 0.3) is 5.91 Å². The highest BCUT2D eigenvalue weighted by atomic mass is 35.5. The number of rotatable bonds is 3. The third-order valence-electron chi connectivity index (χ3n) is 6.07. The number of amides is 1. The standard InChI is InChI=1S/C25H20Cl2N2O2/c26-14-12-20(24(30)21(27)13-14)23-18-9-4-8-16(18)17-10-5-11-19(22(17)29-23)25(31)28-15-6-2-1-3-7-15/h1-8,10-13,16,18,23,29-30H,9H2,(H,28,31). The molecule has 2 aliphatic rings. The van der Waals surface area contributed by atoms with E-state index in [-0.39, 0.29) is 34.6 Å². The predicted octanol–water partition coefficient (Wildman–Crippen LogP) is 6.78. The molecule has 1 heterocycles. The van der Waals surface area contributed by atoms with Crippen molar-refractivity contribution in [1.29, 1.82) is 0 Å². The Morgan fingerprint density at radius 2 is 1.84 bits per heavy atom. The number of para-hydroxylation sites is 2. The van der Waals surface area contributed by atoms with E-state index in [2.05, 4.69) is 28.9 Å². The van der Waals surface area contributed by atoms with Crippen LogP contribution < -0.4 is 10.6 Å². The zero-order valence-electron chi connectivity index (χ0n) is 16.5. The van der Waals surface area contributed by atoms with Gasteiger partial charge in [-0.25, -0.2) is 0 Å². The van der Waals surface area contributed by atoms with Crippen molar-refractivity contribution in [2.45, 2.75) is 18.4 Å². The van der Waals surface area contributed by atoms with Crippen LogP contribution in [0.1, 0.15) is 39.9 Å². The number of benzene rings is 3. The number of carbonyl (C=O) groups is 1. The summed E-state index contributed by atoms with van der Waals surface area (Å²) in [4.78, 5) is 13.1. The molecule has 0 radical (unpaired) electrons. The normalized spacial score (nSPS) is 21.2. The van der Waals surface area contributed by atoms with Crippen LogP contribution in [0.5, 0.6) is 5.75 Å². The molecule has 0 saturated carbocycles. The van der Waals surface area contributed by atoms with Crippen LogP contribution in [0.15, 0.2) is 72.8 Å². The van der Waals surface area contributed by atoms with Gasteiger partial charge in [0.2, 0.25) is 0 Å². The van der Waals surface area contributed by atoms with Crippen LogP contribution in [-0.2, 0) is 0 Å². The largest absolute Gasteiger partial charge is 0.506 e. The minimum Gasteiger partial charge on any atom is -0.506 e. The summed E-state index contributed by atoms with van der Waals surface area (Å²) in [6.45, 7) is 0. The van der Waals surface area contributed by atoms with Gasteiger partial charge in [-0.05, 0) is 48.2 Å². The van der Waals surface area contributed by atoms with Crippen molar-refractivity contribution in [3.05, 3.63) is 99.6 Å². The van der Waals surface area contributed by atoms with Crippen LogP contribution in [0.4, 0.5) is 11.4 Å². The summed E-state index contributed by atoms with van der Waals surface area (Å²) in [6, 6.07) is 18.2. The third kappa shape index (κ3) is 3.56. The zero-order chi connectivity index (χ0) is 21.5. The first-order valence-corrected chi connectivity index (χ1v) is 10.9. The van der Waals surface area contributed by atoms with E-state index < -0.39 is 0 Å². The fourth-order valence-corrected chi connectivity index (χ4v) is 5.17. The summed E-state index contributed by atoms with van der Waals surface area (Å²) in [5, 5.41) is 17.9. The molecule has 156 valence electrons. The number of phenols is 1. The molecule has 3 unspecified atom stereocenters. The van der Waals surface area contributed by atoms with E-state index in [1.54, 1.807) is 6.07 Å². The number of halogens is 2. The molecule has 1 aliphatic heterocycles. The third-order valence-corrected chi connectivity index (χ3v) is 6.57. The van der Waals surface area contributed by atoms with E-state index in [4.69, 9.17) is 23.2 Å².